The molecular weight excluding hydrogens is 375 g/mol. The van der Waals surface area contributed by atoms with Crippen LogP contribution in [0.15, 0.2) is 29.4 Å². The van der Waals surface area contributed by atoms with Crippen LogP contribution in [0, 0.1) is 12.7 Å². The minimum absolute atomic E-state index is 0.167. The fourth-order valence-electron chi connectivity index (χ4n) is 2.44. The molecule has 0 bridgehead atoms. The first-order chi connectivity index (χ1) is 12.6. The van der Waals surface area contributed by atoms with Crippen molar-refractivity contribution in [3.8, 4) is 11.3 Å². The molecule has 2 heterocycles. The van der Waals surface area contributed by atoms with Crippen molar-refractivity contribution in [2.45, 2.75) is 31.0 Å². The van der Waals surface area contributed by atoms with Gasteiger partial charge in [0.05, 0.1) is 17.5 Å². The third-order valence-electron chi connectivity index (χ3n) is 3.85. The molecule has 1 aliphatic carbocycles. The molecule has 4 rings (SSSR count). The van der Waals surface area contributed by atoms with E-state index in [1.165, 1.54) is 35.2 Å². The fourth-order valence-corrected chi connectivity index (χ4v) is 4.04. The van der Waals surface area contributed by atoms with Crippen LogP contribution in [0.1, 0.15) is 23.8 Å². The van der Waals surface area contributed by atoms with Crippen molar-refractivity contribution >= 4 is 34.1 Å². The predicted octanol–water partition coefficient (Wildman–Crippen LogP) is 3.31. The van der Waals surface area contributed by atoms with Gasteiger partial charge in [-0.05, 0) is 54.5 Å². The summed E-state index contributed by atoms with van der Waals surface area (Å²) >= 11 is 2.70. The number of nitrogens with one attached hydrogen (secondary N) is 1. The summed E-state index contributed by atoms with van der Waals surface area (Å²) in [5, 5.41) is 15.6. The van der Waals surface area contributed by atoms with Crippen LogP contribution in [-0.4, -0.2) is 36.9 Å². The Morgan fingerprint density at radius 1 is 1.38 bits per heavy atom. The highest BCUT2D eigenvalue weighted by atomic mass is 32.2. The van der Waals surface area contributed by atoms with Crippen molar-refractivity contribution < 1.29 is 9.18 Å². The summed E-state index contributed by atoms with van der Waals surface area (Å²) in [6, 6.07) is 6.52. The molecule has 0 unspecified atom stereocenters. The highest BCUT2D eigenvalue weighted by Crippen LogP contribution is 2.36. The van der Waals surface area contributed by atoms with E-state index >= 15 is 0 Å². The maximum atomic E-state index is 13.1. The highest BCUT2D eigenvalue weighted by molar-refractivity contribution is 7.99. The molecule has 0 radical (unpaired) electrons. The molecule has 1 fully saturated rings. The molecule has 7 nitrogen and oxygen atoms in total. The van der Waals surface area contributed by atoms with Crippen molar-refractivity contribution in [1.29, 1.82) is 0 Å². The first-order valence-corrected chi connectivity index (χ1v) is 9.84. The van der Waals surface area contributed by atoms with Crippen LogP contribution in [-0.2, 0) is 4.79 Å². The summed E-state index contributed by atoms with van der Waals surface area (Å²) in [5.74, 6) is -0.252. The number of tetrazole rings is 1. The van der Waals surface area contributed by atoms with Gasteiger partial charge in [-0.3, -0.25) is 4.79 Å². The van der Waals surface area contributed by atoms with Gasteiger partial charge in [0.2, 0.25) is 11.1 Å². The average molecular weight is 390 g/mol. The molecular formula is C16H15FN6OS2. The van der Waals surface area contributed by atoms with Crippen LogP contribution in [0.5, 0.6) is 0 Å². The molecule has 0 aliphatic heterocycles. The minimum atomic E-state index is -0.291. The average Bonchev–Trinajstić information content (AvgIpc) is 3.25. The van der Waals surface area contributed by atoms with Gasteiger partial charge in [0, 0.05) is 10.4 Å². The van der Waals surface area contributed by atoms with Gasteiger partial charge in [-0.15, -0.1) is 16.4 Å². The summed E-state index contributed by atoms with van der Waals surface area (Å²) in [4.78, 5) is 17.6. The number of carbonyl (C=O) groups is 1. The molecule has 2 aromatic heterocycles. The van der Waals surface area contributed by atoms with Crippen LogP contribution in [0.4, 0.5) is 9.52 Å². The number of carbonyl (C=O) groups excluding carboxylic acids is 1. The van der Waals surface area contributed by atoms with Crippen LogP contribution in [0.2, 0.25) is 0 Å². The lowest BCUT2D eigenvalue weighted by molar-refractivity contribution is -0.113. The number of anilines is 1. The maximum Gasteiger partial charge on any atom is 0.236 e. The molecule has 0 atom stereocenters. The molecule has 134 valence electrons. The molecule has 1 saturated carbocycles. The summed E-state index contributed by atoms with van der Waals surface area (Å²) in [6.07, 6.45) is 2.16. The third-order valence-corrected chi connectivity index (χ3v) is 5.67. The molecule has 0 saturated heterocycles. The van der Waals surface area contributed by atoms with E-state index in [1.807, 2.05) is 6.92 Å². The zero-order valence-electron chi connectivity index (χ0n) is 13.8. The van der Waals surface area contributed by atoms with Gasteiger partial charge in [0.15, 0.2) is 5.13 Å². The van der Waals surface area contributed by atoms with Gasteiger partial charge in [-0.2, -0.15) is 0 Å². The normalized spacial score (nSPS) is 13.8. The van der Waals surface area contributed by atoms with Gasteiger partial charge in [-0.25, -0.2) is 14.1 Å². The maximum absolute atomic E-state index is 13.1. The van der Waals surface area contributed by atoms with Crippen molar-refractivity contribution in [3.05, 3.63) is 35.0 Å². The number of hydrogen-bond acceptors (Lipinski definition) is 7. The Bertz CT molecular complexity index is 935. The standard InChI is InChI=1S/C16H15FN6OS2/c1-9-14(10-2-4-11(17)5-3-10)19-15(26-9)18-13(24)8-25-16-20-21-22-23(16)12-6-7-12/h2-5,12H,6-8H2,1H3,(H,18,19,24). The van der Waals surface area contributed by atoms with Crippen molar-refractivity contribution in [2.24, 2.45) is 0 Å². The van der Waals surface area contributed by atoms with Crippen LogP contribution in [0.3, 0.4) is 0 Å². The summed E-state index contributed by atoms with van der Waals surface area (Å²) in [5.41, 5.74) is 1.56. The van der Waals surface area contributed by atoms with Gasteiger partial charge < -0.3 is 5.32 Å². The van der Waals surface area contributed by atoms with E-state index in [0.29, 0.717) is 16.3 Å². The molecule has 1 amide bonds. The first kappa shape index (κ1) is 17.1. The van der Waals surface area contributed by atoms with Crippen LogP contribution < -0.4 is 5.32 Å². The Balaban J connectivity index is 1.39. The number of amides is 1. The van der Waals surface area contributed by atoms with E-state index in [4.69, 9.17) is 0 Å². The Morgan fingerprint density at radius 2 is 2.15 bits per heavy atom. The lowest BCUT2D eigenvalue weighted by atomic mass is 10.1. The summed E-state index contributed by atoms with van der Waals surface area (Å²) < 4.78 is 14.8. The minimum Gasteiger partial charge on any atom is -0.301 e. The quantitative estimate of drug-likeness (QED) is 0.650. The second kappa shape index (κ2) is 7.12. The highest BCUT2D eigenvalue weighted by Gasteiger charge is 2.28. The number of aryl methyl sites for hydroxylation is 1. The van der Waals surface area contributed by atoms with E-state index in [0.717, 1.165) is 29.0 Å². The van der Waals surface area contributed by atoms with Gasteiger partial charge in [0.25, 0.3) is 0 Å². The van der Waals surface area contributed by atoms with E-state index in [-0.39, 0.29) is 17.5 Å². The van der Waals surface area contributed by atoms with E-state index in [9.17, 15) is 9.18 Å². The van der Waals surface area contributed by atoms with Gasteiger partial charge >= 0.3 is 0 Å². The smallest absolute Gasteiger partial charge is 0.236 e. The van der Waals surface area contributed by atoms with Gasteiger partial charge in [-0.1, -0.05) is 11.8 Å². The van der Waals surface area contributed by atoms with Crippen LogP contribution >= 0.6 is 23.1 Å². The van der Waals surface area contributed by atoms with E-state index < -0.39 is 0 Å². The Hall–Kier alpha value is -2.33. The van der Waals surface area contributed by atoms with E-state index in [2.05, 4.69) is 25.8 Å². The fraction of sp³-hybridized carbons (Fsp3) is 0.312. The predicted molar refractivity (Wildman–Crippen MR) is 97.7 cm³/mol. The Labute approximate surface area is 157 Å². The number of nitrogens with zero attached hydrogens (tertiary/aromatic N) is 5. The molecule has 1 N–H and O–H groups in total. The summed E-state index contributed by atoms with van der Waals surface area (Å²) in [7, 11) is 0. The number of benzene rings is 1. The van der Waals surface area contributed by atoms with E-state index in [1.54, 1.807) is 16.8 Å². The number of thiazole rings is 1. The largest absolute Gasteiger partial charge is 0.301 e. The number of halogens is 1. The topological polar surface area (TPSA) is 85.6 Å². The van der Waals surface area contributed by atoms with Crippen molar-refractivity contribution in [1.82, 2.24) is 25.2 Å². The Kier molecular flexibility index (Phi) is 4.68. The second-order valence-corrected chi connectivity index (χ2v) is 8.05. The SMILES string of the molecule is Cc1sc(NC(=O)CSc2nnnn2C2CC2)nc1-c1ccc(F)cc1. The Morgan fingerprint density at radius 3 is 2.88 bits per heavy atom. The molecule has 1 aliphatic rings. The number of hydrogen-bond donors (Lipinski definition) is 1. The van der Waals surface area contributed by atoms with Crippen molar-refractivity contribution in [3.63, 3.8) is 0 Å². The molecule has 10 heteroatoms. The molecule has 26 heavy (non-hydrogen) atoms. The zero-order chi connectivity index (χ0) is 18.1. The van der Waals surface area contributed by atoms with Gasteiger partial charge in [0.1, 0.15) is 5.82 Å². The van der Waals surface area contributed by atoms with Crippen molar-refractivity contribution in [2.75, 3.05) is 11.1 Å². The number of aromatic nitrogens is 5. The third kappa shape index (κ3) is 3.75. The second-order valence-electron chi connectivity index (χ2n) is 5.90. The lowest BCUT2D eigenvalue weighted by Crippen LogP contribution is -2.14. The lowest BCUT2D eigenvalue weighted by Gasteiger charge is -2.02. The molecule has 3 aromatic rings. The monoisotopic (exact) mass is 390 g/mol. The van der Waals surface area contributed by atoms with Crippen LogP contribution in [0.25, 0.3) is 11.3 Å². The first-order valence-electron chi connectivity index (χ1n) is 8.04. The zero-order valence-corrected chi connectivity index (χ0v) is 15.5. The molecule has 0 spiro atoms. The summed E-state index contributed by atoms with van der Waals surface area (Å²) in [6.45, 7) is 1.92. The number of rotatable bonds is 6. The number of thioether (sulfide) groups is 1. The molecule has 1 aromatic carbocycles.